The molecule has 9 nitrogen and oxygen atoms in total. The van der Waals surface area contributed by atoms with Gasteiger partial charge in [0.1, 0.15) is 0 Å². The smallest absolute Gasteiger partial charge is 0.252 e. The highest BCUT2D eigenvalue weighted by molar-refractivity contribution is 5.93. The van der Waals surface area contributed by atoms with Crippen molar-refractivity contribution in [3.63, 3.8) is 0 Å². The lowest BCUT2D eigenvalue weighted by Gasteiger charge is -2.07. The lowest BCUT2D eigenvalue weighted by Crippen LogP contribution is -2.25. The molecule has 0 unspecified atom stereocenters. The number of carbonyl (C=O) groups excluding carboxylic acids is 1. The first-order chi connectivity index (χ1) is 14.6. The molecule has 30 heavy (non-hydrogen) atoms. The van der Waals surface area contributed by atoms with Crippen molar-refractivity contribution in [2.45, 2.75) is 19.9 Å². The molecule has 4 aromatic heterocycles. The van der Waals surface area contributed by atoms with Crippen molar-refractivity contribution in [2.24, 2.45) is 0 Å². The molecule has 0 bridgehead atoms. The van der Waals surface area contributed by atoms with Gasteiger partial charge in [-0.25, -0.2) is 9.97 Å². The van der Waals surface area contributed by atoms with E-state index in [2.05, 4.69) is 25.4 Å². The highest BCUT2D eigenvalue weighted by Gasteiger charge is 2.15. The van der Waals surface area contributed by atoms with E-state index in [1.54, 1.807) is 37.1 Å². The maximum absolute atomic E-state index is 12.3. The summed E-state index contributed by atoms with van der Waals surface area (Å²) in [5.41, 5.74) is 2.69. The number of hydrogen-bond acceptors (Lipinski definition) is 6. The second kappa shape index (κ2) is 8.56. The van der Waals surface area contributed by atoms with Crippen LogP contribution < -0.4 is 5.32 Å². The molecule has 0 aliphatic rings. The molecule has 9 heteroatoms. The molecule has 4 rings (SSSR count). The number of aryl methyl sites for hydroxylation is 2. The molecule has 0 aromatic carbocycles. The minimum atomic E-state index is -0.197. The molecule has 4 aromatic rings. The molecule has 0 saturated heterocycles. The van der Waals surface area contributed by atoms with Gasteiger partial charge in [-0.15, -0.1) is 0 Å². The van der Waals surface area contributed by atoms with Crippen molar-refractivity contribution in [3.8, 4) is 22.8 Å². The average molecular weight is 403 g/mol. The third-order valence-electron chi connectivity index (χ3n) is 4.62. The summed E-state index contributed by atoms with van der Waals surface area (Å²) in [4.78, 5) is 24.7. The average Bonchev–Trinajstić information content (AvgIpc) is 3.41. The van der Waals surface area contributed by atoms with Crippen molar-refractivity contribution in [3.05, 3.63) is 72.8 Å². The van der Waals surface area contributed by atoms with E-state index < -0.39 is 0 Å². The number of amides is 1. The fourth-order valence-electron chi connectivity index (χ4n) is 3.06. The minimum absolute atomic E-state index is 0.0233. The molecular formula is C21H21N7O2. The van der Waals surface area contributed by atoms with Gasteiger partial charge in [0.15, 0.2) is 5.82 Å². The Morgan fingerprint density at radius 2 is 2.07 bits per heavy atom. The van der Waals surface area contributed by atoms with Gasteiger partial charge in [0.25, 0.3) is 5.91 Å². The molecule has 0 aliphatic heterocycles. The SMILES string of the molecule is Cc1cc(-c2cnn(-c3ccc(C(=O)NCCCn4ccnc4)cn3)c2O)ccn1. The van der Waals surface area contributed by atoms with E-state index >= 15 is 0 Å². The zero-order valence-electron chi connectivity index (χ0n) is 16.4. The largest absolute Gasteiger partial charge is 0.493 e. The third-order valence-corrected chi connectivity index (χ3v) is 4.62. The van der Waals surface area contributed by atoms with Crippen LogP contribution in [0.5, 0.6) is 5.88 Å². The van der Waals surface area contributed by atoms with Crippen LogP contribution in [0.4, 0.5) is 0 Å². The molecule has 2 N–H and O–H groups in total. The zero-order valence-corrected chi connectivity index (χ0v) is 16.4. The fourth-order valence-corrected chi connectivity index (χ4v) is 3.06. The summed E-state index contributed by atoms with van der Waals surface area (Å²) in [6, 6.07) is 6.98. The molecule has 0 aliphatic carbocycles. The van der Waals surface area contributed by atoms with Gasteiger partial charge in [-0.05, 0) is 43.2 Å². The quantitative estimate of drug-likeness (QED) is 0.458. The standard InChI is InChI=1S/C21H21N7O2/c1-15-11-16(5-7-23-15)18-13-26-28(21(18)30)19-4-3-17(12-25-19)20(29)24-6-2-9-27-10-8-22-14-27/h3-5,7-8,10-14,30H,2,6,9H2,1H3,(H,24,29). The summed E-state index contributed by atoms with van der Waals surface area (Å²) >= 11 is 0. The molecule has 0 radical (unpaired) electrons. The zero-order chi connectivity index (χ0) is 20.9. The van der Waals surface area contributed by atoms with Crippen molar-refractivity contribution in [1.29, 1.82) is 0 Å². The predicted molar refractivity (Wildman–Crippen MR) is 110 cm³/mol. The molecule has 0 spiro atoms. The summed E-state index contributed by atoms with van der Waals surface area (Å²) < 4.78 is 3.29. The Hall–Kier alpha value is -4.01. The van der Waals surface area contributed by atoms with Gasteiger partial charge in [0.2, 0.25) is 5.88 Å². The van der Waals surface area contributed by atoms with Crippen LogP contribution in [0.25, 0.3) is 16.9 Å². The highest BCUT2D eigenvalue weighted by Crippen LogP contribution is 2.30. The Morgan fingerprint density at radius 3 is 2.80 bits per heavy atom. The van der Waals surface area contributed by atoms with Gasteiger partial charge in [-0.1, -0.05) is 0 Å². The van der Waals surface area contributed by atoms with E-state index in [0.717, 1.165) is 24.2 Å². The van der Waals surface area contributed by atoms with Gasteiger partial charge >= 0.3 is 0 Å². The molecule has 0 atom stereocenters. The molecule has 4 heterocycles. The number of hydrogen-bond donors (Lipinski definition) is 2. The van der Waals surface area contributed by atoms with E-state index in [-0.39, 0.29) is 11.8 Å². The third kappa shape index (κ3) is 4.19. The Kier molecular flexibility index (Phi) is 5.51. The van der Waals surface area contributed by atoms with Crippen molar-refractivity contribution < 1.29 is 9.90 Å². The van der Waals surface area contributed by atoms with Crippen LogP contribution in [0, 0.1) is 6.92 Å². The van der Waals surface area contributed by atoms with E-state index in [1.807, 2.05) is 29.8 Å². The van der Waals surface area contributed by atoms with Crippen molar-refractivity contribution in [2.75, 3.05) is 6.54 Å². The number of carbonyl (C=O) groups is 1. The normalized spacial score (nSPS) is 10.8. The van der Waals surface area contributed by atoms with Gasteiger partial charge in [-0.3, -0.25) is 9.78 Å². The monoisotopic (exact) mass is 403 g/mol. The number of aromatic hydroxyl groups is 1. The highest BCUT2D eigenvalue weighted by atomic mass is 16.3. The van der Waals surface area contributed by atoms with Gasteiger partial charge in [0, 0.05) is 43.6 Å². The topological polar surface area (TPSA) is 111 Å². The second-order valence-corrected chi connectivity index (χ2v) is 6.79. The number of pyridine rings is 2. The first-order valence-electron chi connectivity index (χ1n) is 9.52. The maximum Gasteiger partial charge on any atom is 0.252 e. The number of aromatic nitrogens is 6. The Bertz CT molecular complexity index is 1130. The van der Waals surface area contributed by atoms with E-state index in [9.17, 15) is 9.90 Å². The minimum Gasteiger partial charge on any atom is -0.493 e. The van der Waals surface area contributed by atoms with Crippen molar-refractivity contribution >= 4 is 5.91 Å². The van der Waals surface area contributed by atoms with Crippen LogP contribution >= 0.6 is 0 Å². The van der Waals surface area contributed by atoms with Gasteiger partial charge in [0.05, 0.1) is 23.7 Å². The summed E-state index contributed by atoms with van der Waals surface area (Å²) in [6.45, 7) is 3.22. The van der Waals surface area contributed by atoms with Crippen molar-refractivity contribution in [1.82, 2.24) is 34.6 Å². The fraction of sp³-hybridized carbons (Fsp3) is 0.190. The van der Waals surface area contributed by atoms with Crippen LogP contribution in [0.15, 0.2) is 61.6 Å². The molecule has 0 saturated carbocycles. The van der Waals surface area contributed by atoms with Crippen LogP contribution in [0.3, 0.4) is 0 Å². The lowest BCUT2D eigenvalue weighted by molar-refractivity contribution is 0.0952. The second-order valence-electron chi connectivity index (χ2n) is 6.79. The van der Waals surface area contributed by atoms with Gasteiger partial charge < -0.3 is 15.0 Å². The number of imidazole rings is 1. The Labute approximate surface area is 173 Å². The summed E-state index contributed by atoms with van der Waals surface area (Å²) in [6.07, 6.45) is 10.9. The van der Waals surface area contributed by atoms with Crippen LogP contribution in [0.1, 0.15) is 22.5 Å². The maximum atomic E-state index is 12.3. The molecule has 152 valence electrons. The first kappa shape index (κ1) is 19.3. The lowest BCUT2D eigenvalue weighted by atomic mass is 10.1. The first-order valence-corrected chi connectivity index (χ1v) is 9.52. The molecular weight excluding hydrogens is 382 g/mol. The van der Waals surface area contributed by atoms with E-state index in [4.69, 9.17) is 0 Å². The van der Waals surface area contributed by atoms with Crippen LogP contribution in [0.2, 0.25) is 0 Å². The van der Waals surface area contributed by atoms with E-state index in [0.29, 0.717) is 23.5 Å². The summed E-state index contributed by atoms with van der Waals surface area (Å²) in [5, 5.41) is 17.7. The summed E-state index contributed by atoms with van der Waals surface area (Å²) in [7, 11) is 0. The van der Waals surface area contributed by atoms with Gasteiger partial charge in [-0.2, -0.15) is 9.78 Å². The van der Waals surface area contributed by atoms with Crippen LogP contribution in [-0.4, -0.2) is 46.9 Å². The Balaban J connectivity index is 1.40. The number of nitrogens with zero attached hydrogens (tertiary/aromatic N) is 6. The molecule has 1 amide bonds. The molecule has 0 fully saturated rings. The predicted octanol–water partition coefficient (Wildman–Crippen LogP) is 2.36. The van der Waals surface area contributed by atoms with Crippen LogP contribution in [-0.2, 0) is 6.54 Å². The number of nitrogens with one attached hydrogen (secondary N) is 1. The van der Waals surface area contributed by atoms with E-state index in [1.165, 1.54) is 10.9 Å². The number of rotatable bonds is 7. The Morgan fingerprint density at radius 1 is 1.17 bits per heavy atom. The summed E-state index contributed by atoms with van der Waals surface area (Å²) in [5.74, 6) is 0.198.